The van der Waals surface area contributed by atoms with Crippen LogP contribution >= 0.6 is 0 Å². The van der Waals surface area contributed by atoms with Gasteiger partial charge < -0.3 is 14.4 Å². The van der Waals surface area contributed by atoms with Gasteiger partial charge in [-0.2, -0.15) is 0 Å². The van der Waals surface area contributed by atoms with Crippen LogP contribution in [-0.2, 0) is 6.54 Å². The highest BCUT2D eigenvalue weighted by Crippen LogP contribution is 2.33. The van der Waals surface area contributed by atoms with Gasteiger partial charge in [-0.3, -0.25) is 4.98 Å². The Kier molecular flexibility index (Phi) is 4.12. The molecule has 0 radical (unpaired) electrons. The maximum atomic E-state index is 4.75. The van der Waals surface area contributed by atoms with E-state index in [1.165, 1.54) is 31.5 Å². The number of imidazole rings is 1. The van der Waals surface area contributed by atoms with Crippen LogP contribution in [0.5, 0.6) is 0 Å². The zero-order valence-corrected chi connectivity index (χ0v) is 14.6. The van der Waals surface area contributed by atoms with Gasteiger partial charge in [-0.05, 0) is 31.6 Å². The topological polar surface area (TPSA) is 50.1 Å². The molecule has 2 aromatic heterocycles. The predicted molar refractivity (Wildman–Crippen MR) is 95.5 cm³/mol. The van der Waals surface area contributed by atoms with E-state index in [1.807, 2.05) is 37.6 Å². The molecule has 0 unspecified atom stereocenters. The lowest BCUT2D eigenvalue weighted by Gasteiger charge is -2.33. The van der Waals surface area contributed by atoms with Crippen molar-refractivity contribution in [2.45, 2.75) is 38.1 Å². The lowest BCUT2D eigenvalue weighted by molar-refractivity contribution is 0.461. The predicted octanol–water partition coefficient (Wildman–Crippen LogP) is 2.53. The average molecular weight is 326 g/mol. The minimum atomic E-state index is 0.484. The summed E-state index contributed by atoms with van der Waals surface area (Å²) in [5.41, 5.74) is 0. The highest BCUT2D eigenvalue weighted by atomic mass is 15.2. The third-order valence-electron chi connectivity index (χ3n) is 5.08. The second-order valence-corrected chi connectivity index (χ2v) is 7.30. The van der Waals surface area contributed by atoms with Crippen molar-refractivity contribution < 1.29 is 0 Å². The molecule has 6 heteroatoms. The summed E-state index contributed by atoms with van der Waals surface area (Å²) in [5, 5.41) is 0. The molecule has 4 rings (SSSR count). The van der Waals surface area contributed by atoms with Crippen molar-refractivity contribution in [2.75, 3.05) is 37.0 Å². The summed E-state index contributed by atoms with van der Waals surface area (Å²) in [4.78, 5) is 18.2. The van der Waals surface area contributed by atoms with Crippen molar-refractivity contribution in [2.24, 2.45) is 5.92 Å². The fourth-order valence-electron chi connectivity index (χ4n) is 3.52. The first-order valence-electron chi connectivity index (χ1n) is 8.96. The average Bonchev–Trinajstić information content (AvgIpc) is 3.30. The Labute approximate surface area is 143 Å². The molecule has 1 saturated carbocycles. The summed E-state index contributed by atoms with van der Waals surface area (Å²) in [6.07, 6.45) is 12.9. The second kappa shape index (κ2) is 6.42. The molecular weight excluding hydrogens is 300 g/mol. The van der Waals surface area contributed by atoms with Gasteiger partial charge in [-0.15, -0.1) is 0 Å². The second-order valence-electron chi connectivity index (χ2n) is 7.30. The molecule has 3 heterocycles. The van der Waals surface area contributed by atoms with E-state index in [0.29, 0.717) is 5.92 Å². The van der Waals surface area contributed by atoms with E-state index >= 15 is 0 Å². The molecular formula is C18H26N6. The lowest BCUT2D eigenvalue weighted by atomic mass is 9.97. The molecule has 2 fully saturated rings. The van der Waals surface area contributed by atoms with E-state index in [0.717, 1.165) is 37.2 Å². The quantitative estimate of drug-likeness (QED) is 0.845. The first-order valence-corrected chi connectivity index (χ1v) is 8.96. The van der Waals surface area contributed by atoms with Crippen LogP contribution in [0.3, 0.4) is 0 Å². The number of aromatic nitrogens is 4. The van der Waals surface area contributed by atoms with Crippen LogP contribution in [0.25, 0.3) is 0 Å². The molecule has 0 aromatic carbocycles. The summed E-state index contributed by atoms with van der Waals surface area (Å²) in [7, 11) is 4.00. The molecule has 1 aliphatic heterocycles. The van der Waals surface area contributed by atoms with Crippen molar-refractivity contribution in [3.05, 3.63) is 30.6 Å². The molecule has 1 aliphatic carbocycles. The van der Waals surface area contributed by atoms with Crippen molar-refractivity contribution in [1.82, 2.24) is 19.5 Å². The van der Waals surface area contributed by atoms with Gasteiger partial charge >= 0.3 is 0 Å². The SMILES string of the molecule is CN(C)c1cncc(N2CCC[C@@H](c3nccn3CC3CC3)C2)n1. The third kappa shape index (κ3) is 3.23. The lowest BCUT2D eigenvalue weighted by Crippen LogP contribution is -2.36. The van der Waals surface area contributed by atoms with E-state index < -0.39 is 0 Å². The first-order chi connectivity index (χ1) is 11.7. The smallest absolute Gasteiger partial charge is 0.149 e. The molecule has 0 spiro atoms. The molecule has 2 aromatic rings. The number of rotatable bonds is 5. The van der Waals surface area contributed by atoms with Gasteiger partial charge in [-0.1, -0.05) is 0 Å². The molecule has 128 valence electrons. The fourth-order valence-corrected chi connectivity index (χ4v) is 3.52. The number of hydrogen-bond donors (Lipinski definition) is 0. The zero-order valence-electron chi connectivity index (χ0n) is 14.6. The summed E-state index contributed by atoms with van der Waals surface area (Å²) in [6, 6.07) is 0. The van der Waals surface area contributed by atoms with Crippen molar-refractivity contribution >= 4 is 11.6 Å². The van der Waals surface area contributed by atoms with Gasteiger partial charge in [0.25, 0.3) is 0 Å². The van der Waals surface area contributed by atoms with Gasteiger partial charge in [0.05, 0.1) is 12.4 Å². The monoisotopic (exact) mass is 326 g/mol. The van der Waals surface area contributed by atoms with Crippen molar-refractivity contribution in [3.8, 4) is 0 Å². The summed E-state index contributed by atoms with van der Waals surface area (Å²) >= 11 is 0. The molecule has 0 N–H and O–H groups in total. The summed E-state index contributed by atoms with van der Waals surface area (Å²) in [6.45, 7) is 3.17. The van der Waals surface area contributed by atoms with Crippen LogP contribution in [0, 0.1) is 5.92 Å². The van der Waals surface area contributed by atoms with Crippen LogP contribution in [-0.4, -0.2) is 46.7 Å². The van der Waals surface area contributed by atoms with Crippen LogP contribution in [0.4, 0.5) is 11.6 Å². The standard InChI is InChI=1S/C18H26N6/c1-22(2)16-10-19-11-17(21-16)23-8-3-4-15(13-23)18-20-7-9-24(18)12-14-5-6-14/h7,9-11,14-15H,3-6,8,12-13H2,1-2H3/t15-/m1/s1. The molecule has 0 bridgehead atoms. The Morgan fingerprint density at radius 2 is 2.08 bits per heavy atom. The molecule has 2 aliphatic rings. The Balaban J connectivity index is 1.51. The molecule has 24 heavy (non-hydrogen) atoms. The van der Waals surface area contributed by atoms with Crippen molar-refractivity contribution in [1.29, 1.82) is 0 Å². The van der Waals surface area contributed by atoms with Gasteiger partial charge in [0.2, 0.25) is 0 Å². The Bertz CT molecular complexity index is 690. The number of hydrogen-bond acceptors (Lipinski definition) is 5. The minimum Gasteiger partial charge on any atom is -0.361 e. The summed E-state index contributed by atoms with van der Waals surface area (Å²) in [5.74, 6) is 4.50. The van der Waals surface area contributed by atoms with Crippen molar-refractivity contribution in [3.63, 3.8) is 0 Å². The summed E-state index contributed by atoms with van der Waals surface area (Å²) < 4.78 is 2.38. The van der Waals surface area contributed by atoms with Crippen LogP contribution in [0.2, 0.25) is 0 Å². The normalized spacial score (nSPS) is 21.1. The third-order valence-corrected chi connectivity index (χ3v) is 5.08. The number of nitrogens with zero attached hydrogens (tertiary/aromatic N) is 6. The van der Waals surface area contributed by atoms with E-state index in [4.69, 9.17) is 4.98 Å². The number of anilines is 2. The van der Waals surface area contributed by atoms with E-state index in [9.17, 15) is 0 Å². The maximum Gasteiger partial charge on any atom is 0.149 e. The minimum absolute atomic E-state index is 0.484. The highest BCUT2D eigenvalue weighted by Gasteiger charge is 2.28. The van der Waals surface area contributed by atoms with E-state index in [1.54, 1.807) is 0 Å². The Morgan fingerprint density at radius 1 is 1.21 bits per heavy atom. The first kappa shape index (κ1) is 15.4. The Morgan fingerprint density at radius 3 is 2.88 bits per heavy atom. The Hall–Kier alpha value is -2.11. The molecule has 6 nitrogen and oxygen atoms in total. The maximum absolute atomic E-state index is 4.75. The molecule has 1 saturated heterocycles. The zero-order chi connectivity index (χ0) is 16.5. The molecule has 1 atom stereocenters. The molecule has 0 amide bonds. The van der Waals surface area contributed by atoms with Crippen LogP contribution in [0.1, 0.15) is 37.4 Å². The van der Waals surface area contributed by atoms with Gasteiger partial charge in [-0.25, -0.2) is 9.97 Å². The van der Waals surface area contributed by atoms with Crippen LogP contribution < -0.4 is 9.80 Å². The van der Waals surface area contributed by atoms with E-state index in [2.05, 4.69) is 25.6 Å². The van der Waals surface area contributed by atoms with Gasteiger partial charge in [0.1, 0.15) is 17.5 Å². The van der Waals surface area contributed by atoms with E-state index in [-0.39, 0.29) is 0 Å². The van der Waals surface area contributed by atoms with Gasteiger partial charge in [0, 0.05) is 52.0 Å². The largest absolute Gasteiger partial charge is 0.361 e. The van der Waals surface area contributed by atoms with Crippen LogP contribution in [0.15, 0.2) is 24.8 Å². The highest BCUT2D eigenvalue weighted by molar-refractivity contribution is 5.45. The van der Waals surface area contributed by atoms with Gasteiger partial charge in [0.15, 0.2) is 0 Å². The number of piperidine rings is 1. The fraction of sp³-hybridized carbons (Fsp3) is 0.611.